The Morgan fingerprint density at radius 3 is 2.26 bits per heavy atom. The number of aromatic carboxylic acids is 1. The summed E-state index contributed by atoms with van der Waals surface area (Å²) in [5, 5.41) is 37.9. The van der Waals surface area contributed by atoms with Crippen LogP contribution in [0.1, 0.15) is 10.4 Å². The largest absolute Gasteiger partial charge is 0.478 e. The number of nitro groups is 1. The number of rotatable bonds is 7. The lowest BCUT2D eigenvalue weighted by molar-refractivity contribution is -0.384. The number of aliphatic hydroxyl groups excluding tert-OH is 2. The molecule has 8 heteroatoms. The maximum atomic E-state index is 11.1. The van der Waals surface area contributed by atoms with Gasteiger partial charge in [0.2, 0.25) is 0 Å². The Kier molecular flexibility index (Phi) is 5.22. The molecule has 0 aliphatic rings. The van der Waals surface area contributed by atoms with Crippen molar-refractivity contribution >= 4 is 17.3 Å². The number of para-hydroxylation sites is 1. The normalized spacial score (nSPS) is 10.2. The molecular formula is C11H14N2O6. The van der Waals surface area contributed by atoms with E-state index in [1.165, 1.54) is 23.1 Å². The third-order valence-corrected chi connectivity index (χ3v) is 2.50. The second kappa shape index (κ2) is 6.66. The molecule has 0 amide bonds. The summed E-state index contributed by atoms with van der Waals surface area (Å²) in [5.41, 5.74) is -0.721. The van der Waals surface area contributed by atoms with Gasteiger partial charge >= 0.3 is 5.97 Å². The molecule has 1 aromatic rings. The van der Waals surface area contributed by atoms with Crippen molar-refractivity contribution in [3.63, 3.8) is 0 Å². The first-order chi connectivity index (χ1) is 9.02. The van der Waals surface area contributed by atoms with Gasteiger partial charge in [0, 0.05) is 19.2 Å². The molecule has 1 aromatic carbocycles. The molecule has 0 unspecified atom stereocenters. The Bertz CT molecular complexity index is 438. The van der Waals surface area contributed by atoms with E-state index in [2.05, 4.69) is 0 Å². The van der Waals surface area contributed by atoms with Gasteiger partial charge in [0.1, 0.15) is 5.69 Å². The molecule has 0 fully saturated rings. The van der Waals surface area contributed by atoms with E-state index in [1.54, 1.807) is 0 Å². The maximum Gasteiger partial charge on any atom is 0.338 e. The van der Waals surface area contributed by atoms with Gasteiger partial charge in [0.25, 0.3) is 5.69 Å². The standard InChI is InChI=1S/C11H14N2O6/c14-6-4-12(5-7-15)10-8(11(16)17)2-1-3-9(10)13(18)19/h1-3,14-15H,4-7H2,(H,16,17). The quantitative estimate of drug-likeness (QED) is 0.473. The fourth-order valence-electron chi connectivity index (χ4n) is 1.76. The highest BCUT2D eigenvalue weighted by atomic mass is 16.6. The first kappa shape index (κ1) is 14.9. The number of anilines is 1. The SMILES string of the molecule is O=C(O)c1cccc([N+](=O)[O-])c1N(CCO)CCO. The van der Waals surface area contributed by atoms with Gasteiger partial charge in [-0.05, 0) is 6.07 Å². The van der Waals surface area contributed by atoms with E-state index < -0.39 is 10.9 Å². The second-order valence-electron chi connectivity index (χ2n) is 3.67. The monoisotopic (exact) mass is 270 g/mol. The van der Waals surface area contributed by atoms with E-state index in [9.17, 15) is 14.9 Å². The zero-order chi connectivity index (χ0) is 14.4. The van der Waals surface area contributed by atoms with Gasteiger partial charge in [0.15, 0.2) is 0 Å². The minimum absolute atomic E-state index is 0.00824. The van der Waals surface area contributed by atoms with E-state index in [0.717, 1.165) is 0 Å². The summed E-state index contributed by atoms with van der Waals surface area (Å²) in [5.74, 6) is -1.31. The first-order valence-electron chi connectivity index (χ1n) is 5.50. The summed E-state index contributed by atoms with van der Waals surface area (Å²) in [6.07, 6.45) is 0. The van der Waals surface area contributed by atoms with E-state index >= 15 is 0 Å². The number of nitro benzene ring substituents is 1. The van der Waals surface area contributed by atoms with Crippen molar-refractivity contribution in [2.45, 2.75) is 0 Å². The molecule has 0 aliphatic carbocycles. The van der Waals surface area contributed by atoms with Gasteiger partial charge in [-0.15, -0.1) is 0 Å². The molecule has 8 nitrogen and oxygen atoms in total. The average Bonchev–Trinajstić information content (AvgIpc) is 2.37. The van der Waals surface area contributed by atoms with Crippen LogP contribution in [0.4, 0.5) is 11.4 Å². The molecule has 3 N–H and O–H groups in total. The zero-order valence-electron chi connectivity index (χ0n) is 10.0. The third-order valence-electron chi connectivity index (χ3n) is 2.50. The molecule has 0 spiro atoms. The van der Waals surface area contributed by atoms with Crippen molar-refractivity contribution in [2.75, 3.05) is 31.2 Å². The minimum Gasteiger partial charge on any atom is -0.478 e. The summed E-state index contributed by atoms with van der Waals surface area (Å²) in [4.78, 5) is 22.7. The number of carboxylic acid groups (broad SMARTS) is 1. The van der Waals surface area contributed by atoms with Crippen LogP contribution in [-0.4, -0.2) is 52.5 Å². The molecular weight excluding hydrogens is 256 g/mol. The molecule has 0 atom stereocenters. The molecule has 0 aromatic heterocycles. The maximum absolute atomic E-state index is 11.1. The van der Waals surface area contributed by atoms with Gasteiger partial charge in [-0.25, -0.2) is 4.79 Å². The average molecular weight is 270 g/mol. The Morgan fingerprint density at radius 2 is 1.84 bits per heavy atom. The highest BCUT2D eigenvalue weighted by molar-refractivity contribution is 5.97. The molecule has 104 valence electrons. The number of hydrogen-bond donors (Lipinski definition) is 3. The Balaban J connectivity index is 3.40. The number of carboxylic acids is 1. The van der Waals surface area contributed by atoms with E-state index in [0.29, 0.717) is 0 Å². The summed E-state index contributed by atoms with van der Waals surface area (Å²) in [6.45, 7) is -0.645. The molecule has 0 aliphatic heterocycles. The predicted octanol–water partition coefficient (Wildman–Crippen LogP) is 0.0840. The van der Waals surface area contributed by atoms with Crippen LogP contribution < -0.4 is 4.90 Å². The van der Waals surface area contributed by atoms with Gasteiger partial charge in [0.05, 0.1) is 23.7 Å². The highest BCUT2D eigenvalue weighted by Gasteiger charge is 2.25. The van der Waals surface area contributed by atoms with Crippen molar-refractivity contribution < 1.29 is 25.0 Å². The molecule has 19 heavy (non-hydrogen) atoms. The topological polar surface area (TPSA) is 124 Å². The number of benzene rings is 1. The van der Waals surface area contributed by atoms with Gasteiger partial charge in [-0.3, -0.25) is 10.1 Å². The van der Waals surface area contributed by atoms with E-state index in [-0.39, 0.29) is 43.2 Å². The first-order valence-corrected chi connectivity index (χ1v) is 5.50. The van der Waals surface area contributed by atoms with E-state index in [4.69, 9.17) is 15.3 Å². The van der Waals surface area contributed by atoms with Gasteiger partial charge < -0.3 is 20.2 Å². The minimum atomic E-state index is -1.31. The molecule has 0 heterocycles. The summed E-state index contributed by atoms with van der Waals surface area (Å²) in [6, 6.07) is 3.71. The molecule has 0 bridgehead atoms. The molecule has 0 radical (unpaired) electrons. The van der Waals surface area contributed by atoms with Crippen molar-refractivity contribution in [1.82, 2.24) is 0 Å². The van der Waals surface area contributed by atoms with Crippen LogP contribution in [0.5, 0.6) is 0 Å². The Hall–Kier alpha value is -2.19. The van der Waals surface area contributed by atoms with Crippen LogP contribution in [0.25, 0.3) is 0 Å². The summed E-state index contributed by atoms with van der Waals surface area (Å²) >= 11 is 0. The number of carbonyl (C=O) groups is 1. The van der Waals surface area contributed by atoms with Crippen LogP contribution in [0.15, 0.2) is 18.2 Å². The lowest BCUT2D eigenvalue weighted by atomic mass is 10.1. The number of hydrogen-bond acceptors (Lipinski definition) is 6. The van der Waals surface area contributed by atoms with Crippen LogP contribution in [0.3, 0.4) is 0 Å². The second-order valence-corrected chi connectivity index (χ2v) is 3.67. The smallest absolute Gasteiger partial charge is 0.338 e. The van der Waals surface area contributed by atoms with Crippen molar-refractivity contribution in [3.8, 4) is 0 Å². The van der Waals surface area contributed by atoms with Crippen molar-refractivity contribution in [2.24, 2.45) is 0 Å². The highest BCUT2D eigenvalue weighted by Crippen LogP contribution is 2.31. The Labute approximate surface area is 108 Å². The zero-order valence-corrected chi connectivity index (χ0v) is 10.0. The lowest BCUT2D eigenvalue weighted by Gasteiger charge is -2.24. The van der Waals surface area contributed by atoms with Gasteiger partial charge in [-0.2, -0.15) is 0 Å². The van der Waals surface area contributed by atoms with Crippen molar-refractivity contribution in [1.29, 1.82) is 0 Å². The number of nitrogens with zero attached hydrogens (tertiary/aromatic N) is 2. The van der Waals surface area contributed by atoms with Gasteiger partial charge in [-0.1, -0.05) is 6.07 Å². The third kappa shape index (κ3) is 3.39. The summed E-state index contributed by atoms with van der Waals surface area (Å²) in [7, 11) is 0. The van der Waals surface area contributed by atoms with E-state index in [1.807, 2.05) is 0 Å². The molecule has 0 saturated heterocycles. The van der Waals surface area contributed by atoms with Crippen LogP contribution in [-0.2, 0) is 0 Å². The predicted molar refractivity (Wildman–Crippen MR) is 66.4 cm³/mol. The van der Waals surface area contributed by atoms with Crippen LogP contribution >= 0.6 is 0 Å². The van der Waals surface area contributed by atoms with Crippen LogP contribution in [0.2, 0.25) is 0 Å². The molecule has 1 rings (SSSR count). The fourth-order valence-corrected chi connectivity index (χ4v) is 1.76. The fraction of sp³-hybridized carbons (Fsp3) is 0.364. The molecule has 0 saturated carbocycles. The summed E-state index contributed by atoms with van der Waals surface area (Å²) < 4.78 is 0. The Morgan fingerprint density at radius 1 is 1.26 bits per heavy atom. The van der Waals surface area contributed by atoms with Crippen LogP contribution in [0, 0.1) is 10.1 Å². The number of aliphatic hydroxyl groups is 2. The van der Waals surface area contributed by atoms with Crippen molar-refractivity contribution in [3.05, 3.63) is 33.9 Å². The lowest BCUT2D eigenvalue weighted by Crippen LogP contribution is -2.31.